The fraction of sp³-hybridized carbons (Fsp3) is 0.353. The Hall–Kier alpha value is -2.54. The van der Waals surface area contributed by atoms with E-state index < -0.39 is 0 Å². The lowest BCUT2D eigenvalue weighted by atomic mass is 9.92. The van der Waals surface area contributed by atoms with Crippen LogP contribution in [0.25, 0.3) is 17.0 Å². The molecule has 0 spiro atoms. The molecule has 0 unspecified atom stereocenters. The molecule has 3 rings (SSSR count). The van der Waals surface area contributed by atoms with Gasteiger partial charge in [-0.25, -0.2) is 9.78 Å². The summed E-state index contributed by atoms with van der Waals surface area (Å²) in [6.45, 7) is 6.66. The molecule has 0 aliphatic carbocycles. The molecule has 0 aliphatic rings. The van der Waals surface area contributed by atoms with Gasteiger partial charge in [-0.15, -0.1) is 5.10 Å². The quantitative estimate of drug-likeness (QED) is 0.670. The van der Waals surface area contributed by atoms with Crippen LogP contribution in [0.1, 0.15) is 32.0 Å². The van der Waals surface area contributed by atoms with Crippen molar-refractivity contribution in [1.82, 2.24) is 30.4 Å². The van der Waals surface area contributed by atoms with Gasteiger partial charge in [-0.3, -0.25) is 5.10 Å². The number of carbonyl (C=O) groups excluding carboxylic acids is 1. The zero-order valence-corrected chi connectivity index (χ0v) is 15.4. The monoisotopic (exact) mass is 360 g/mol. The Morgan fingerprint density at radius 1 is 1.36 bits per heavy atom. The standard InChI is InChI=1S/C17H21ClN6O/c1-17(2,3)13-12(18)15-21-14(23-24(15)22-13)11-7-5-6-10(8-11)9-20-16(25)19-4/h5-8,22H,9H2,1-4H3,(H2,19,20,25). The number of H-pyrrole nitrogens is 1. The number of nitrogens with zero attached hydrogens (tertiary/aromatic N) is 3. The lowest BCUT2D eigenvalue weighted by molar-refractivity contribution is 0.242. The molecule has 0 radical (unpaired) electrons. The lowest BCUT2D eigenvalue weighted by Crippen LogP contribution is -2.32. The second kappa shape index (κ2) is 6.40. The van der Waals surface area contributed by atoms with Crippen molar-refractivity contribution in [2.75, 3.05) is 7.05 Å². The van der Waals surface area contributed by atoms with Crippen LogP contribution in [0.15, 0.2) is 24.3 Å². The van der Waals surface area contributed by atoms with Gasteiger partial charge >= 0.3 is 6.03 Å². The Bertz CT molecular complexity index is 921. The number of nitrogens with one attached hydrogen (secondary N) is 3. The maximum absolute atomic E-state index is 11.3. The van der Waals surface area contributed by atoms with Crippen LogP contribution in [0.4, 0.5) is 4.79 Å². The van der Waals surface area contributed by atoms with E-state index in [1.807, 2.05) is 24.3 Å². The van der Waals surface area contributed by atoms with Crippen molar-refractivity contribution in [3.8, 4) is 11.4 Å². The Morgan fingerprint density at radius 3 is 2.76 bits per heavy atom. The molecule has 2 amide bonds. The van der Waals surface area contributed by atoms with E-state index in [2.05, 4.69) is 46.6 Å². The van der Waals surface area contributed by atoms with E-state index in [1.54, 1.807) is 11.7 Å². The number of carbonyl (C=O) groups is 1. The number of benzene rings is 1. The summed E-state index contributed by atoms with van der Waals surface area (Å²) in [4.78, 5) is 15.9. The van der Waals surface area contributed by atoms with Crippen molar-refractivity contribution in [2.24, 2.45) is 0 Å². The van der Waals surface area contributed by atoms with Gasteiger partial charge in [0.05, 0.1) is 5.69 Å². The molecule has 8 heteroatoms. The summed E-state index contributed by atoms with van der Waals surface area (Å²) < 4.78 is 1.60. The van der Waals surface area contributed by atoms with E-state index >= 15 is 0 Å². The largest absolute Gasteiger partial charge is 0.341 e. The Labute approximate surface area is 150 Å². The minimum atomic E-state index is -0.222. The highest BCUT2D eigenvalue weighted by Gasteiger charge is 2.24. The minimum absolute atomic E-state index is 0.120. The van der Waals surface area contributed by atoms with Crippen molar-refractivity contribution in [1.29, 1.82) is 0 Å². The van der Waals surface area contributed by atoms with Crippen LogP contribution in [0.3, 0.4) is 0 Å². The lowest BCUT2D eigenvalue weighted by Gasteiger charge is -2.16. The van der Waals surface area contributed by atoms with Gasteiger partial charge in [-0.2, -0.15) is 4.63 Å². The van der Waals surface area contributed by atoms with Crippen molar-refractivity contribution in [2.45, 2.75) is 32.7 Å². The molecular weight excluding hydrogens is 340 g/mol. The maximum atomic E-state index is 11.3. The highest BCUT2D eigenvalue weighted by atomic mass is 35.5. The van der Waals surface area contributed by atoms with E-state index in [-0.39, 0.29) is 11.4 Å². The van der Waals surface area contributed by atoms with Gasteiger partial charge in [0.15, 0.2) is 11.5 Å². The fourth-order valence-corrected chi connectivity index (χ4v) is 2.96. The smallest absolute Gasteiger partial charge is 0.314 e. The van der Waals surface area contributed by atoms with Crippen molar-refractivity contribution in [3.63, 3.8) is 0 Å². The molecule has 2 aromatic heterocycles. The topological polar surface area (TPSA) is 87.1 Å². The zero-order chi connectivity index (χ0) is 18.2. The Morgan fingerprint density at radius 2 is 2.12 bits per heavy atom. The molecule has 3 N–H and O–H groups in total. The van der Waals surface area contributed by atoms with Crippen LogP contribution in [-0.2, 0) is 12.0 Å². The first kappa shape index (κ1) is 17.3. The number of hydrogen-bond acceptors (Lipinski definition) is 3. The van der Waals surface area contributed by atoms with Crippen LogP contribution in [0, 0.1) is 0 Å². The van der Waals surface area contributed by atoms with Gasteiger partial charge in [-0.05, 0) is 11.6 Å². The maximum Gasteiger partial charge on any atom is 0.314 e. The van der Waals surface area contributed by atoms with Crippen LogP contribution in [0.5, 0.6) is 0 Å². The van der Waals surface area contributed by atoms with Gasteiger partial charge in [0.2, 0.25) is 0 Å². The summed E-state index contributed by atoms with van der Waals surface area (Å²) in [7, 11) is 1.58. The molecule has 0 aliphatic heterocycles. The normalized spacial score (nSPS) is 11.7. The third-order valence-electron chi connectivity index (χ3n) is 3.86. The van der Waals surface area contributed by atoms with E-state index in [9.17, 15) is 4.79 Å². The molecule has 132 valence electrons. The number of aromatic nitrogens is 4. The van der Waals surface area contributed by atoms with Crippen LogP contribution < -0.4 is 10.6 Å². The molecule has 2 heterocycles. The molecular formula is C17H21ClN6O. The number of rotatable bonds is 3. The molecule has 25 heavy (non-hydrogen) atoms. The van der Waals surface area contributed by atoms with Crippen molar-refractivity contribution >= 4 is 23.3 Å². The molecule has 3 aromatic rings. The molecule has 0 saturated heterocycles. The SMILES string of the molecule is CNC(=O)NCc1cccc(-c2nc3c(Cl)c(C(C)(C)C)[nH]n3n2)c1. The number of fused-ring (bicyclic) bond motifs is 1. The van der Waals surface area contributed by atoms with Crippen molar-refractivity contribution < 1.29 is 4.79 Å². The number of aromatic amines is 1. The zero-order valence-electron chi connectivity index (χ0n) is 14.6. The molecule has 0 fully saturated rings. The third-order valence-corrected chi connectivity index (χ3v) is 4.21. The minimum Gasteiger partial charge on any atom is -0.341 e. The first-order valence-corrected chi connectivity index (χ1v) is 8.37. The predicted molar refractivity (Wildman–Crippen MR) is 97.8 cm³/mol. The number of hydrogen-bond donors (Lipinski definition) is 3. The second-order valence-corrected chi connectivity index (χ2v) is 7.23. The number of urea groups is 1. The van der Waals surface area contributed by atoms with Crippen LogP contribution >= 0.6 is 11.6 Å². The molecule has 0 saturated carbocycles. The molecule has 7 nitrogen and oxygen atoms in total. The third kappa shape index (κ3) is 3.46. The first-order chi connectivity index (χ1) is 11.8. The average molecular weight is 361 g/mol. The van der Waals surface area contributed by atoms with E-state index in [0.29, 0.717) is 23.0 Å². The van der Waals surface area contributed by atoms with Gasteiger partial charge in [-0.1, -0.05) is 50.6 Å². The van der Waals surface area contributed by atoms with Crippen LogP contribution in [0.2, 0.25) is 5.02 Å². The van der Waals surface area contributed by atoms with E-state index in [1.165, 1.54) is 0 Å². The second-order valence-electron chi connectivity index (χ2n) is 6.85. The Balaban J connectivity index is 1.91. The highest BCUT2D eigenvalue weighted by molar-refractivity contribution is 6.34. The summed E-state index contributed by atoms with van der Waals surface area (Å²) in [6.07, 6.45) is 0. The van der Waals surface area contributed by atoms with Gasteiger partial charge in [0.25, 0.3) is 0 Å². The molecule has 0 bridgehead atoms. The fourth-order valence-electron chi connectivity index (χ4n) is 2.51. The summed E-state index contributed by atoms with van der Waals surface area (Å²) in [5.41, 5.74) is 3.21. The van der Waals surface area contributed by atoms with Crippen molar-refractivity contribution in [3.05, 3.63) is 40.5 Å². The first-order valence-electron chi connectivity index (χ1n) is 7.99. The van der Waals surface area contributed by atoms with Gasteiger partial charge < -0.3 is 10.6 Å². The molecule has 1 aromatic carbocycles. The number of amides is 2. The summed E-state index contributed by atoms with van der Waals surface area (Å²) in [6, 6.07) is 7.50. The van der Waals surface area contributed by atoms with Gasteiger partial charge in [0, 0.05) is 24.6 Å². The van der Waals surface area contributed by atoms with Gasteiger partial charge in [0.1, 0.15) is 5.02 Å². The highest BCUT2D eigenvalue weighted by Crippen LogP contribution is 2.31. The predicted octanol–water partition coefficient (Wildman–Crippen LogP) is 3.10. The number of halogens is 1. The summed E-state index contributed by atoms with van der Waals surface area (Å²) in [5.74, 6) is 0.579. The van der Waals surface area contributed by atoms with E-state index in [0.717, 1.165) is 16.8 Å². The molecule has 0 atom stereocenters. The van der Waals surface area contributed by atoms with Crippen LogP contribution in [-0.4, -0.2) is 32.9 Å². The summed E-state index contributed by atoms with van der Waals surface area (Å²) in [5, 5.41) is 13.6. The average Bonchev–Trinajstić information content (AvgIpc) is 3.12. The Kier molecular flexibility index (Phi) is 4.43. The summed E-state index contributed by atoms with van der Waals surface area (Å²) >= 11 is 6.47. The van der Waals surface area contributed by atoms with E-state index in [4.69, 9.17) is 11.6 Å².